The van der Waals surface area contributed by atoms with Crippen molar-refractivity contribution in [3.8, 4) is 5.75 Å². The van der Waals surface area contributed by atoms with E-state index in [-0.39, 0.29) is 25.0 Å². The van der Waals surface area contributed by atoms with Crippen molar-refractivity contribution < 1.29 is 28.6 Å². The molecule has 2 fully saturated rings. The fourth-order valence-electron chi connectivity index (χ4n) is 4.01. The van der Waals surface area contributed by atoms with Crippen LogP contribution in [0.5, 0.6) is 5.75 Å². The lowest BCUT2D eigenvalue weighted by Crippen LogP contribution is -2.49. The average Bonchev–Trinajstić information content (AvgIpc) is 3.23. The Balaban J connectivity index is 2.01. The van der Waals surface area contributed by atoms with Gasteiger partial charge in [-0.1, -0.05) is 12.1 Å². The molecule has 0 radical (unpaired) electrons. The Labute approximate surface area is 164 Å². The number of hydrazine groups is 1. The van der Waals surface area contributed by atoms with Crippen LogP contribution in [0.2, 0.25) is 0 Å². The number of methoxy groups -OCH3 is 1. The van der Waals surface area contributed by atoms with Gasteiger partial charge < -0.3 is 14.2 Å². The van der Waals surface area contributed by atoms with Gasteiger partial charge in [0.15, 0.2) is 5.92 Å². The number of carbonyl (C=O) groups excluding carboxylic acids is 3. The summed E-state index contributed by atoms with van der Waals surface area (Å²) in [7, 11) is 1.59. The normalized spacial score (nSPS) is 21.7. The van der Waals surface area contributed by atoms with Crippen molar-refractivity contribution in [3.05, 3.63) is 29.8 Å². The van der Waals surface area contributed by atoms with Gasteiger partial charge in [0.05, 0.1) is 26.4 Å². The highest BCUT2D eigenvalue weighted by atomic mass is 16.6. The van der Waals surface area contributed by atoms with Crippen LogP contribution in [0.4, 0.5) is 0 Å². The molecule has 0 spiro atoms. The maximum atomic E-state index is 12.7. The Morgan fingerprint density at radius 2 is 1.71 bits per heavy atom. The minimum Gasteiger partial charge on any atom is -0.497 e. The number of fused-ring (bicyclic) bond motifs is 1. The summed E-state index contributed by atoms with van der Waals surface area (Å²) in [6.45, 7) is 4.77. The van der Waals surface area contributed by atoms with Gasteiger partial charge in [-0.3, -0.25) is 19.4 Å². The Morgan fingerprint density at radius 1 is 1.11 bits per heavy atom. The molecule has 0 aromatic heterocycles. The lowest BCUT2D eigenvalue weighted by Gasteiger charge is -2.31. The van der Waals surface area contributed by atoms with Gasteiger partial charge in [0.25, 0.3) is 0 Å². The zero-order valence-corrected chi connectivity index (χ0v) is 16.4. The third-order valence-electron chi connectivity index (χ3n) is 5.21. The first-order valence-electron chi connectivity index (χ1n) is 9.55. The Kier molecular flexibility index (Phi) is 6.18. The van der Waals surface area contributed by atoms with Crippen LogP contribution >= 0.6 is 0 Å². The van der Waals surface area contributed by atoms with Crippen LogP contribution in [0.25, 0.3) is 0 Å². The van der Waals surface area contributed by atoms with E-state index in [2.05, 4.69) is 0 Å². The summed E-state index contributed by atoms with van der Waals surface area (Å²) in [4.78, 5) is 38.0. The van der Waals surface area contributed by atoms with E-state index in [1.807, 2.05) is 29.3 Å². The van der Waals surface area contributed by atoms with E-state index in [1.54, 1.807) is 26.0 Å². The maximum absolute atomic E-state index is 12.7. The van der Waals surface area contributed by atoms with Gasteiger partial charge in [-0.15, -0.1) is 0 Å². The van der Waals surface area contributed by atoms with E-state index < -0.39 is 23.9 Å². The molecule has 8 heteroatoms. The highest BCUT2D eigenvalue weighted by Crippen LogP contribution is 2.40. The summed E-state index contributed by atoms with van der Waals surface area (Å²) >= 11 is 0. The summed E-state index contributed by atoms with van der Waals surface area (Å²) < 4.78 is 15.6. The number of carbonyl (C=O) groups is 3. The van der Waals surface area contributed by atoms with Crippen LogP contribution in [0.1, 0.15) is 31.7 Å². The zero-order chi connectivity index (χ0) is 20.3. The van der Waals surface area contributed by atoms with Crippen molar-refractivity contribution in [2.45, 2.75) is 32.2 Å². The molecule has 2 atom stereocenters. The summed E-state index contributed by atoms with van der Waals surface area (Å²) in [5.41, 5.74) is 0.923. The molecule has 1 aromatic carbocycles. The van der Waals surface area contributed by atoms with E-state index in [0.717, 1.165) is 5.56 Å². The van der Waals surface area contributed by atoms with Crippen LogP contribution in [-0.2, 0) is 23.9 Å². The second-order valence-electron chi connectivity index (χ2n) is 6.75. The van der Waals surface area contributed by atoms with E-state index >= 15 is 0 Å². The zero-order valence-electron chi connectivity index (χ0n) is 16.4. The third kappa shape index (κ3) is 3.69. The topological polar surface area (TPSA) is 85.4 Å². The largest absolute Gasteiger partial charge is 0.497 e. The molecule has 2 saturated heterocycles. The summed E-state index contributed by atoms with van der Waals surface area (Å²) in [6, 6.07) is 6.78. The fourth-order valence-corrected chi connectivity index (χ4v) is 4.01. The molecule has 28 heavy (non-hydrogen) atoms. The number of esters is 2. The first kappa shape index (κ1) is 20.1. The van der Waals surface area contributed by atoms with Crippen LogP contribution in [0, 0.1) is 5.92 Å². The van der Waals surface area contributed by atoms with Crippen LogP contribution in [0.15, 0.2) is 24.3 Å². The van der Waals surface area contributed by atoms with Crippen LogP contribution in [0.3, 0.4) is 0 Å². The molecule has 8 nitrogen and oxygen atoms in total. The smallest absolute Gasteiger partial charge is 0.322 e. The van der Waals surface area contributed by atoms with Crippen molar-refractivity contribution in [3.63, 3.8) is 0 Å². The molecular weight excluding hydrogens is 364 g/mol. The van der Waals surface area contributed by atoms with Gasteiger partial charge in [-0.25, -0.2) is 5.01 Å². The van der Waals surface area contributed by atoms with Crippen molar-refractivity contribution in [1.82, 2.24) is 10.0 Å². The monoisotopic (exact) mass is 390 g/mol. The van der Waals surface area contributed by atoms with Gasteiger partial charge in [0.2, 0.25) is 5.91 Å². The molecular formula is C20H26N2O6. The molecule has 1 amide bonds. The molecule has 3 rings (SSSR count). The SMILES string of the molecule is CCOC(=O)C(C(=O)OCC)[C@@H]1[C@@H](c2ccc(OC)cc2)CN2CCC(=O)N12. The average molecular weight is 390 g/mol. The van der Waals surface area contributed by atoms with Gasteiger partial charge in [-0.05, 0) is 31.5 Å². The molecule has 0 bridgehead atoms. The first-order valence-corrected chi connectivity index (χ1v) is 9.55. The van der Waals surface area contributed by atoms with E-state index in [1.165, 1.54) is 0 Å². The quantitative estimate of drug-likeness (QED) is 0.513. The predicted molar refractivity (Wildman–Crippen MR) is 99.3 cm³/mol. The fraction of sp³-hybridized carbons (Fsp3) is 0.550. The molecule has 152 valence electrons. The van der Waals surface area contributed by atoms with Crippen LogP contribution in [-0.4, -0.2) is 67.3 Å². The molecule has 1 aromatic rings. The first-order chi connectivity index (χ1) is 13.5. The molecule has 2 aliphatic heterocycles. The minimum atomic E-state index is -1.20. The Hall–Kier alpha value is -2.61. The standard InChI is InChI=1S/C20H26N2O6/c1-4-27-19(24)17(20(25)28-5-2)18-15(12-21-11-10-16(23)22(18)21)13-6-8-14(26-3)9-7-13/h6-9,15,17-18H,4-5,10-12H2,1-3H3/t15-,18+/m1/s1. The number of hydrogen-bond donors (Lipinski definition) is 0. The molecule has 2 aliphatic rings. The molecule has 2 heterocycles. The van der Waals surface area contributed by atoms with Crippen molar-refractivity contribution in [2.75, 3.05) is 33.4 Å². The summed E-state index contributed by atoms with van der Waals surface area (Å²) in [6.07, 6.45) is 0.365. The van der Waals surface area contributed by atoms with E-state index in [9.17, 15) is 14.4 Å². The lowest BCUT2D eigenvalue weighted by molar-refractivity contribution is -0.167. The predicted octanol–water partition coefficient (Wildman–Crippen LogP) is 1.35. The van der Waals surface area contributed by atoms with Crippen molar-refractivity contribution in [1.29, 1.82) is 0 Å². The number of benzene rings is 1. The summed E-state index contributed by atoms with van der Waals surface area (Å²) in [5.74, 6) is -2.13. The second kappa shape index (κ2) is 8.60. The van der Waals surface area contributed by atoms with E-state index in [0.29, 0.717) is 25.3 Å². The number of amides is 1. The molecule has 0 saturated carbocycles. The molecule has 0 unspecified atom stereocenters. The van der Waals surface area contributed by atoms with Crippen molar-refractivity contribution in [2.24, 2.45) is 5.92 Å². The summed E-state index contributed by atoms with van der Waals surface area (Å²) in [5, 5.41) is 3.47. The van der Waals surface area contributed by atoms with Crippen LogP contribution < -0.4 is 4.74 Å². The minimum absolute atomic E-state index is 0.0976. The highest BCUT2D eigenvalue weighted by molar-refractivity contribution is 5.97. The molecule has 0 N–H and O–H groups in total. The van der Waals surface area contributed by atoms with Gasteiger partial charge >= 0.3 is 11.9 Å². The van der Waals surface area contributed by atoms with Gasteiger partial charge in [0.1, 0.15) is 5.75 Å². The number of ether oxygens (including phenoxy) is 3. The lowest BCUT2D eigenvalue weighted by atomic mass is 9.84. The highest BCUT2D eigenvalue weighted by Gasteiger charge is 2.54. The van der Waals surface area contributed by atoms with E-state index in [4.69, 9.17) is 14.2 Å². The maximum Gasteiger partial charge on any atom is 0.322 e. The Morgan fingerprint density at radius 3 is 2.25 bits per heavy atom. The second-order valence-corrected chi connectivity index (χ2v) is 6.75. The van der Waals surface area contributed by atoms with Gasteiger partial charge in [-0.2, -0.15) is 0 Å². The van der Waals surface area contributed by atoms with Crippen molar-refractivity contribution >= 4 is 17.8 Å². The molecule has 0 aliphatic carbocycles. The third-order valence-corrected chi connectivity index (χ3v) is 5.21. The number of rotatable bonds is 7. The number of nitrogens with zero attached hydrogens (tertiary/aromatic N) is 2. The number of hydrogen-bond acceptors (Lipinski definition) is 7. The van der Waals surface area contributed by atoms with Gasteiger partial charge in [0, 0.05) is 25.4 Å². The Bertz CT molecular complexity index is 717.